The topological polar surface area (TPSA) is 24.5 Å². The van der Waals surface area contributed by atoms with Crippen LogP contribution in [0.25, 0.3) is 0 Å². The summed E-state index contributed by atoms with van der Waals surface area (Å²) in [6.45, 7) is 11.6. The first-order valence-corrected chi connectivity index (χ1v) is 8.14. The van der Waals surface area contributed by atoms with Crippen molar-refractivity contribution in [1.82, 2.24) is 10.2 Å². The summed E-state index contributed by atoms with van der Waals surface area (Å²) in [5.41, 5.74) is 4.08. The zero-order valence-corrected chi connectivity index (χ0v) is 14.1. The highest BCUT2D eigenvalue weighted by molar-refractivity contribution is 5.31. The molecule has 3 unspecified atom stereocenters. The molecule has 0 bridgehead atoms. The first-order valence-electron chi connectivity index (χ1n) is 8.14. The van der Waals surface area contributed by atoms with E-state index in [9.17, 15) is 0 Å². The average Bonchev–Trinajstić information content (AvgIpc) is 2.83. The molecule has 1 aliphatic rings. The first-order chi connectivity index (χ1) is 10.0. The minimum absolute atomic E-state index is 0.344. The molecular weight excluding hydrogens is 260 g/mol. The fraction of sp³-hybridized carbons (Fsp3) is 0.667. The van der Waals surface area contributed by atoms with E-state index in [2.05, 4.69) is 63.2 Å². The van der Waals surface area contributed by atoms with Crippen molar-refractivity contribution in [2.75, 3.05) is 26.7 Å². The summed E-state index contributed by atoms with van der Waals surface area (Å²) in [7, 11) is 2.23. The highest BCUT2D eigenvalue weighted by Crippen LogP contribution is 2.23. The van der Waals surface area contributed by atoms with Crippen LogP contribution >= 0.6 is 0 Å². The zero-order valence-electron chi connectivity index (χ0n) is 14.1. The number of ether oxygens (including phenoxy) is 1. The molecule has 0 amide bonds. The van der Waals surface area contributed by atoms with Crippen molar-refractivity contribution < 1.29 is 4.74 Å². The SMILES string of the molecule is CCNC(CN(C)C1CCOC1C)c1cc(C)cc(C)c1. The van der Waals surface area contributed by atoms with Gasteiger partial charge in [0.2, 0.25) is 0 Å². The molecule has 2 rings (SSSR count). The van der Waals surface area contributed by atoms with Crippen LogP contribution < -0.4 is 5.32 Å². The molecule has 3 nitrogen and oxygen atoms in total. The Labute approximate surface area is 129 Å². The fourth-order valence-corrected chi connectivity index (χ4v) is 3.47. The number of aryl methyl sites for hydroxylation is 2. The van der Waals surface area contributed by atoms with E-state index >= 15 is 0 Å². The summed E-state index contributed by atoms with van der Waals surface area (Å²) in [6, 6.07) is 7.78. The second kappa shape index (κ2) is 7.39. The van der Waals surface area contributed by atoms with Crippen LogP contribution in [0.3, 0.4) is 0 Å². The molecule has 1 aromatic rings. The number of likely N-dealkylation sites (N-methyl/N-ethyl adjacent to an activating group) is 2. The van der Waals surface area contributed by atoms with E-state index in [-0.39, 0.29) is 0 Å². The Kier molecular flexibility index (Phi) is 5.80. The zero-order chi connectivity index (χ0) is 15.4. The summed E-state index contributed by atoms with van der Waals surface area (Å²) in [4.78, 5) is 2.46. The van der Waals surface area contributed by atoms with Gasteiger partial charge in [-0.05, 0) is 46.3 Å². The third kappa shape index (κ3) is 4.29. The molecule has 118 valence electrons. The maximum atomic E-state index is 5.71. The van der Waals surface area contributed by atoms with Gasteiger partial charge in [0, 0.05) is 25.2 Å². The molecule has 0 aromatic heterocycles. The molecule has 1 fully saturated rings. The summed E-state index contributed by atoms with van der Waals surface area (Å²) >= 11 is 0. The molecule has 1 N–H and O–H groups in total. The van der Waals surface area contributed by atoms with Gasteiger partial charge >= 0.3 is 0 Å². The van der Waals surface area contributed by atoms with Crippen molar-refractivity contribution in [3.63, 3.8) is 0 Å². The number of nitrogens with one attached hydrogen (secondary N) is 1. The maximum absolute atomic E-state index is 5.71. The summed E-state index contributed by atoms with van der Waals surface area (Å²) in [5, 5.41) is 3.64. The minimum atomic E-state index is 0.344. The Morgan fingerprint density at radius 2 is 1.95 bits per heavy atom. The molecule has 1 heterocycles. The smallest absolute Gasteiger partial charge is 0.0702 e. The van der Waals surface area contributed by atoms with Gasteiger partial charge in [0.25, 0.3) is 0 Å². The van der Waals surface area contributed by atoms with E-state index in [1.807, 2.05) is 0 Å². The molecule has 0 aliphatic carbocycles. The Morgan fingerprint density at radius 3 is 2.48 bits per heavy atom. The first kappa shape index (κ1) is 16.5. The van der Waals surface area contributed by atoms with Gasteiger partial charge in [-0.2, -0.15) is 0 Å². The number of hydrogen-bond acceptors (Lipinski definition) is 3. The molecule has 3 heteroatoms. The lowest BCUT2D eigenvalue weighted by Gasteiger charge is -2.31. The van der Waals surface area contributed by atoms with Crippen molar-refractivity contribution in [1.29, 1.82) is 0 Å². The lowest BCUT2D eigenvalue weighted by atomic mass is 10.00. The van der Waals surface area contributed by atoms with Crippen LogP contribution in [0.4, 0.5) is 0 Å². The van der Waals surface area contributed by atoms with Crippen LogP contribution in [-0.2, 0) is 4.74 Å². The number of hydrogen-bond donors (Lipinski definition) is 1. The number of rotatable bonds is 6. The standard InChI is InChI=1S/C18H30N2O/c1-6-19-17(16-10-13(2)9-14(3)11-16)12-20(5)18-7-8-21-15(18)4/h9-11,15,17-19H,6-8,12H2,1-5H3. The van der Waals surface area contributed by atoms with Crippen molar-refractivity contribution >= 4 is 0 Å². The Bertz CT molecular complexity index is 440. The van der Waals surface area contributed by atoms with Gasteiger partial charge in [-0.3, -0.25) is 4.90 Å². The fourth-order valence-electron chi connectivity index (χ4n) is 3.47. The summed E-state index contributed by atoms with van der Waals surface area (Å²) in [6.07, 6.45) is 1.49. The van der Waals surface area contributed by atoms with E-state index in [4.69, 9.17) is 4.74 Å². The van der Waals surface area contributed by atoms with Crippen LogP contribution in [0.15, 0.2) is 18.2 Å². The monoisotopic (exact) mass is 290 g/mol. The van der Waals surface area contributed by atoms with Crippen LogP contribution in [-0.4, -0.2) is 43.8 Å². The lowest BCUT2D eigenvalue weighted by molar-refractivity contribution is 0.0804. The Morgan fingerprint density at radius 1 is 1.29 bits per heavy atom. The normalized spacial score (nSPS) is 23.7. The van der Waals surface area contributed by atoms with E-state index in [1.54, 1.807) is 0 Å². The van der Waals surface area contributed by atoms with Crippen LogP contribution in [0.5, 0.6) is 0 Å². The predicted octanol–water partition coefficient (Wildman–Crippen LogP) is 3.06. The van der Waals surface area contributed by atoms with Crippen molar-refractivity contribution in [3.05, 3.63) is 34.9 Å². The third-order valence-electron chi connectivity index (χ3n) is 4.47. The van der Waals surface area contributed by atoms with E-state index in [1.165, 1.54) is 16.7 Å². The van der Waals surface area contributed by atoms with E-state index in [0.717, 1.165) is 26.1 Å². The van der Waals surface area contributed by atoms with Gasteiger partial charge in [-0.25, -0.2) is 0 Å². The highest BCUT2D eigenvalue weighted by atomic mass is 16.5. The number of benzene rings is 1. The van der Waals surface area contributed by atoms with Gasteiger partial charge < -0.3 is 10.1 Å². The van der Waals surface area contributed by atoms with Gasteiger partial charge in [0.1, 0.15) is 0 Å². The molecule has 1 aliphatic heterocycles. The average molecular weight is 290 g/mol. The van der Waals surface area contributed by atoms with Gasteiger partial charge in [-0.15, -0.1) is 0 Å². The lowest BCUT2D eigenvalue weighted by Crippen LogP contribution is -2.42. The molecule has 21 heavy (non-hydrogen) atoms. The molecule has 0 spiro atoms. The second-order valence-electron chi connectivity index (χ2n) is 6.40. The largest absolute Gasteiger partial charge is 0.377 e. The Hall–Kier alpha value is -0.900. The van der Waals surface area contributed by atoms with Crippen molar-refractivity contribution in [2.24, 2.45) is 0 Å². The maximum Gasteiger partial charge on any atom is 0.0702 e. The summed E-state index contributed by atoms with van der Waals surface area (Å²) < 4.78 is 5.71. The Balaban J connectivity index is 2.11. The van der Waals surface area contributed by atoms with Gasteiger partial charge in [-0.1, -0.05) is 36.2 Å². The highest BCUT2D eigenvalue weighted by Gasteiger charge is 2.29. The van der Waals surface area contributed by atoms with E-state index in [0.29, 0.717) is 18.2 Å². The quantitative estimate of drug-likeness (QED) is 0.871. The molecule has 1 saturated heterocycles. The minimum Gasteiger partial charge on any atom is -0.377 e. The van der Waals surface area contributed by atoms with Gasteiger partial charge in [0.15, 0.2) is 0 Å². The van der Waals surface area contributed by atoms with E-state index < -0.39 is 0 Å². The predicted molar refractivity (Wildman–Crippen MR) is 88.8 cm³/mol. The van der Waals surface area contributed by atoms with Crippen LogP contribution in [0, 0.1) is 13.8 Å². The molecule has 3 atom stereocenters. The second-order valence-corrected chi connectivity index (χ2v) is 6.40. The van der Waals surface area contributed by atoms with Crippen molar-refractivity contribution in [2.45, 2.75) is 52.3 Å². The molecule has 0 radical (unpaired) electrons. The molecular formula is C18H30N2O. The van der Waals surface area contributed by atoms with Gasteiger partial charge in [0.05, 0.1) is 6.10 Å². The molecule has 1 aromatic carbocycles. The summed E-state index contributed by atoms with van der Waals surface area (Å²) in [5.74, 6) is 0. The number of nitrogens with zero attached hydrogens (tertiary/aromatic N) is 1. The third-order valence-corrected chi connectivity index (χ3v) is 4.47. The van der Waals surface area contributed by atoms with Crippen LogP contribution in [0.2, 0.25) is 0 Å². The van der Waals surface area contributed by atoms with Crippen molar-refractivity contribution in [3.8, 4) is 0 Å². The van der Waals surface area contributed by atoms with Crippen LogP contribution in [0.1, 0.15) is 43.0 Å². The molecule has 0 saturated carbocycles.